The molecule has 0 saturated carbocycles. The summed E-state index contributed by atoms with van der Waals surface area (Å²) in [5.41, 5.74) is -0.219. The molecule has 0 saturated heterocycles. The Balaban J connectivity index is 2.91. The Bertz CT molecular complexity index is 215. The van der Waals surface area contributed by atoms with Gasteiger partial charge in [0.25, 0.3) is 0 Å². The maximum atomic E-state index is 11.0. The number of hydrogen-bond donors (Lipinski definition) is 0. The molecule has 0 bridgehead atoms. The average molecular weight is 164 g/mol. The van der Waals surface area contributed by atoms with Crippen molar-refractivity contribution >= 4 is 6.29 Å². The maximum Gasteiger partial charge on any atom is 0.130 e. The molecule has 1 heteroatoms. The van der Waals surface area contributed by atoms with Crippen LogP contribution >= 0.6 is 0 Å². The Morgan fingerprint density at radius 2 is 2.17 bits per heavy atom. The molecular formula is C11H16O. The third-order valence-electron chi connectivity index (χ3n) is 2.82. The van der Waals surface area contributed by atoms with Crippen LogP contribution in [-0.2, 0) is 4.79 Å². The summed E-state index contributed by atoms with van der Waals surface area (Å²) in [4.78, 5) is 11.0. The van der Waals surface area contributed by atoms with Gasteiger partial charge in [0, 0.05) is 0 Å². The van der Waals surface area contributed by atoms with Crippen molar-refractivity contribution in [2.45, 2.75) is 26.7 Å². The average Bonchev–Trinajstić information content (AvgIpc) is 2.17. The van der Waals surface area contributed by atoms with E-state index in [1.165, 1.54) is 0 Å². The fourth-order valence-electron chi connectivity index (χ4n) is 1.84. The quantitative estimate of drug-likeness (QED) is 0.586. The van der Waals surface area contributed by atoms with E-state index in [9.17, 15) is 4.79 Å². The van der Waals surface area contributed by atoms with E-state index < -0.39 is 0 Å². The fraction of sp³-hybridized carbons (Fsp3) is 0.545. The summed E-state index contributed by atoms with van der Waals surface area (Å²) in [7, 11) is 0. The SMILES string of the molecule is CCC1C=CC=CC1(C=O)CC. The normalized spacial score (nSPS) is 33.7. The van der Waals surface area contributed by atoms with Crippen LogP contribution in [0, 0.1) is 11.3 Å². The van der Waals surface area contributed by atoms with Crippen molar-refractivity contribution in [3.05, 3.63) is 24.3 Å². The van der Waals surface area contributed by atoms with E-state index in [1.54, 1.807) is 0 Å². The van der Waals surface area contributed by atoms with Gasteiger partial charge in [-0.3, -0.25) is 0 Å². The van der Waals surface area contributed by atoms with Crippen molar-refractivity contribution in [1.29, 1.82) is 0 Å². The number of rotatable bonds is 3. The van der Waals surface area contributed by atoms with E-state index in [-0.39, 0.29) is 5.41 Å². The molecule has 0 aromatic rings. The zero-order valence-corrected chi connectivity index (χ0v) is 7.79. The van der Waals surface area contributed by atoms with Gasteiger partial charge >= 0.3 is 0 Å². The molecule has 0 heterocycles. The molecule has 0 amide bonds. The van der Waals surface area contributed by atoms with Gasteiger partial charge in [-0.15, -0.1) is 0 Å². The minimum atomic E-state index is -0.219. The first-order chi connectivity index (χ1) is 5.79. The summed E-state index contributed by atoms with van der Waals surface area (Å²) in [6, 6.07) is 0. The molecule has 1 rings (SSSR count). The largest absolute Gasteiger partial charge is 0.302 e. The van der Waals surface area contributed by atoms with Crippen molar-refractivity contribution in [1.82, 2.24) is 0 Å². The monoisotopic (exact) mass is 164 g/mol. The molecule has 0 radical (unpaired) electrons. The third kappa shape index (κ3) is 1.36. The molecule has 0 N–H and O–H groups in total. The van der Waals surface area contributed by atoms with Crippen LogP contribution in [0.4, 0.5) is 0 Å². The molecule has 0 spiro atoms. The summed E-state index contributed by atoms with van der Waals surface area (Å²) < 4.78 is 0. The van der Waals surface area contributed by atoms with Gasteiger partial charge in [0.1, 0.15) is 6.29 Å². The lowest BCUT2D eigenvalue weighted by atomic mass is 9.71. The second kappa shape index (κ2) is 3.70. The van der Waals surface area contributed by atoms with Crippen LogP contribution in [-0.4, -0.2) is 6.29 Å². The fourth-order valence-corrected chi connectivity index (χ4v) is 1.84. The molecule has 1 nitrogen and oxygen atoms in total. The van der Waals surface area contributed by atoms with Crippen LogP contribution in [0.3, 0.4) is 0 Å². The Morgan fingerprint density at radius 1 is 1.42 bits per heavy atom. The molecular weight excluding hydrogens is 148 g/mol. The van der Waals surface area contributed by atoms with Gasteiger partial charge in [-0.05, 0) is 18.8 Å². The number of carbonyl (C=O) groups is 1. The van der Waals surface area contributed by atoms with Crippen molar-refractivity contribution in [3.8, 4) is 0 Å². The van der Waals surface area contributed by atoms with Crippen LogP contribution in [0.25, 0.3) is 0 Å². The van der Waals surface area contributed by atoms with Crippen molar-refractivity contribution < 1.29 is 4.79 Å². The molecule has 2 unspecified atom stereocenters. The number of hydrogen-bond acceptors (Lipinski definition) is 1. The molecule has 12 heavy (non-hydrogen) atoms. The predicted molar refractivity (Wildman–Crippen MR) is 50.8 cm³/mol. The lowest BCUT2D eigenvalue weighted by Gasteiger charge is -2.31. The molecule has 1 aliphatic carbocycles. The summed E-state index contributed by atoms with van der Waals surface area (Å²) in [5.74, 6) is 0.394. The zero-order chi connectivity index (χ0) is 9.03. The van der Waals surface area contributed by atoms with E-state index in [0.29, 0.717) is 5.92 Å². The van der Waals surface area contributed by atoms with Gasteiger partial charge in [0.05, 0.1) is 5.41 Å². The number of allylic oxidation sites excluding steroid dienone is 4. The van der Waals surface area contributed by atoms with E-state index in [2.05, 4.69) is 19.9 Å². The van der Waals surface area contributed by atoms with Crippen LogP contribution < -0.4 is 0 Å². The van der Waals surface area contributed by atoms with Crippen LogP contribution in [0.5, 0.6) is 0 Å². The first-order valence-corrected chi connectivity index (χ1v) is 4.61. The van der Waals surface area contributed by atoms with Gasteiger partial charge in [-0.2, -0.15) is 0 Å². The Morgan fingerprint density at radius 3 is 2.58 bits per heavy atom. The summed E-state index contributed by atoms with van der Waals surface area (Å²) >= 11 is 0. The van der Waals surface area contributed by atoms with Gasteiger partial charge in [0.15, 0.2) is 0 Å². The smallest absolute Gasteiger partial charge is 0.130 e. The minimum absolute atomic E-state index is 0.219. The number of carbonyl (C=O) groups excluding carboxylic acids is 1. The van der Waals surface area contributed by atoms with Crippen LogP contribution in [0.2, 0.25) is 0 Å². The number of aldehydes is 1. The van der Waals surface area contributed by atoms with Gasteiger partial charge < -0.3 is 4.79 Å². The molecule has 0 aromatic heterocycles. The van der Waals surface area contributed by atoms with Crippen LogP contribution in [0.1, 0.15) is 26.7 Å². The standard InChI is InChI=1S/C11H16O/c1-3-10-7-5-6-8-11(10,4-2)9-12/h5-10H,3-4H2,1-2H3. The zero-order valence-electron chi connectivity index (χ0n) is 7.79. The Hall–Kier alpha value is -0.850. The highest BCUT2D eigenvalue weighted by Crippen LogP contribution is 2.36. The highest BCUT2D eigenvalue weighted by molar-refractivity contribution is 5.64. The van der Waals surface area contributed by atoms with Gasteiger partial charge in [-0.1, -0.05) is 38.2 Å². The first-order valence-electron chi connectivity index (χ1n) is 4.61. The molecule has 2 atom stereocenters. The summed E-state index contributed by atoms with van der Waals surface area (Å²) in [6.07, 6.45) is 11.2. The molecule has 0 fully saturated rings. The van der Waals surface area contributed by atoms with Crippen molar-refractivity contribution in [3.63, 3.8) is 0 Å². The second-order valence-corrected chi connectivity index (χ2v) is 3.34. The van der Waals surface area contributed by atoms with Gasteiger partial charge in [0.2, 0.25) is 0 Å². The summed E-state index contributed by atoms with van der Waals surface area (Å²) in [5, 5.41) is 0. The molecule has 0 aliphatic heterocycles. The van der Waals surface area contributed by atoms with Crippen molar-refractivity contribution in [2.24, 2.45) is 11.3 Å². The Kier molecular flexibility index (Phi) is 2.85. The topological polar surface area (TPSA) is 17.1 Å². The molecule has 66 valence electrons. The summed E-state index contributed by atoms with van der Waals surface area (Å²) in [6.45, 7) is 4.20. The maximum absolute atomic E-state index is 11.0. The van der Waals surface area contributed by atoms with Crippen LogP contribution in [0.15, 0.2) is 24.3 Å². The van der Waals surface area contributed by atoms with E-state index in [0.717, 1.165) is 19.1 Å². The highest BCUT2D eigenvalue weighted by atomic mass is 16.1. The lowest BCUT2D eigenvalue weighted by molar-refractivity contribution is -0.115. The van der Waals surface area contributed by atoms with E-state index >= 15 is 0 Å². The highest BCUT2D eigenvalue weighted by Gasteiger charge is 2.32. The molecule has 1 aliphatic rings. The minimum Gasteiger partial charge on any atom is -0.302 e. The first kappa shape index (κ1) is 9.24. The lowest BCUT2D eigenvalue weighted by Crippen LogP contribution is -2.29. The Labute approximate surface area is 74.2 Å². The molecule has 0 aromatic carbocycles. The third-order valence-corrected chi connectivity index (χ3v) is 2.82. The second-order valence-electron chi connectivity index (χ2n) is 3.34. The predicted octanol–water partition coefficient (Wildman–Crippen LogP) is 2.73. The van der Waals surface area contributed by atoms with E-state index in [1.807, 2.05) is 18.2 Å². The van der Waals surface area contributed by atoms with Gasteiger partial charge in [-0.25, -0.2) is 0 Å². The van der Waals surface area contributed by atoms with E-state index in [4.69, 9.17) is 0 Å². The van der Waals surface area contributed by atoms with Crippen molar-refractivity contribution in [2.75, 3.05) is 0 Å².